The normalized spacial score (nSPS) is 25.4. The van der Waals surface area contributed by atoms with Crippen LogP contribution >= 0.6 is 0 Å². The molecule has 2 saturated heterocycles. The number of ether oxygens (including phenoxy) is 2. The highest BCUT2D eigenvalue weighted by molar-refractivity contribution is 5.80. The van der Waals surface area contributed by atoms with Crippen LogP contribution < -0.4 is 15.4 Å². The van der Waals surface area contributed by atoms with E-state index < -0.39 is 0 Å². The highest BCUT2D eigenvalue weighted by atomic mass is 16.5. The molecule has 3 atom stereocenters. The van der Waals surface area contributed by atoms with Gasteiger partial charge in [-0.2, -0.15) is 0 Å². The molecule has 0 aliphatic carbocycles. The van der Waals surface area contributed by atoms with Crippen molar-refractivity contribution >= 4 is 5.96 Å². The number of aliphatic imine (C=N–C) groups is 1. The first-order valence-corrected chi connectivity index (χ1v) is 10.8. The lowest BCUT2D eigenvalue weighted by Crippen LogP contribution is -2.47. The Bertz CT molecular complexity index is 893. The van der Waals surface area contributed by atoms with Gasteiger partial charge in [-0.25, -0.2) is 0 Å². The number of nitrogens with zero attached hydrogens (tertiary/aromatic N) is 1. The molecule has 2 bridgehead atoms. The Labute approximate surface area is 172 Å². The van der Waals surface area contributed by atoms with Gasteiger partial charge in [-0.1, -0.05) is 30.3 Å². The zero-order valence-corrected chi connectivity index (χ0v) is 17.0. The Morgan fingerprint density at radius 3 is 2.72 bits per heavy atom. The lowest BCUT2D eigenvalue weighted by Gasteiger charge is -2.22. The number of hydrogen-bond donors (Lipinski definition) is 2. The van der Waals surface area contributed by atoms with E-state index in [4.69, 9.17) is 9.47 Å². The molecule has 0 radical (unpaired) electrons. The largest absolute Gasteiger partial charge is 0.493 e. The first-order chi connectivity index (χ1) is 14.3. The van der Waals surface area contributed by atoms with E-state index in [1.54, 1.807) is 0 Å². The fourth-order valence-corrected chi connectivity index (χ4v) is 4.70. The first-order valence-electron chi connectivity index (χ1n) is 10.8. The standard InChI is InChI=1S/C24H29N3O2/c1-25-24(27-21-14-20-9-11-23(21)29-20)26-15-16-4-6-17(7-5-16)18-8-10-22-19(13-18)3-2-12-28-22/h4-8,10,13,20-21,23H,2-3,9,11-12,14-15H2,1H3,(H2,25,26,27). The molecule has 2 fully saturated rings. The van der Waals surface area contributed by atoms with E-state index in [9.17, 15) is 0 Å². The van der Waals surface area contributed by atoms with Crippen molar-refractivity contribution in [3.63, 3.8) is 0 Å². The van der Waals surface area contributed by atoms with E-state index in [0.29, 0.717) is 18.2 Å². The summed E-state index contributed by atoms with van der Waals surface area (Å²) in [4.78, 5) is 4.38. The molecule has 3 aliphatic rings. The maximum atomic E-state index is 5.93. The lowest BCUT2D eigenvalue weighted by molar-refractivity contribution is 0.0992. The van der Waals surface area contributed by atoms with Gasteiger partial charge >= 0.3 is 0 Å². The van der Waals surface area contributed by atoms with Gasteiger partial charge in [0, 0.05) is 13.6 Å². The van der Waals surface area contributed by atoms with Gasteiger partial charge in [0.1, 0.15) is 5.75 Å². The van der Waals surface area contributed by atoms with Crippen LogP contribution in [0.15, 0.2) is 47.5 Å². The third-order valence-corrected chi connectivity index (χ3v) is 6.31. The summed E-state index contributed by atoms with van der Waals surface area (Å²) in [6.07, 6.45) is 6.45. The molecule has 0 saturated carbocycles. The van der Waals surface area contributed by atoms with E-state index in [-0.39, 0.29) is 0 Å². The molecule has 5 nitrogen and oxygen atoms in total. The molecule has 5 rings (SSSR count). The molecule has 152 valence electrons. The molecular formula is C24H29N3O2. The van der Waals surface area contributed by atoms with Gasteiger partial charge in [0.25, 0.3) is 0 Å². The predicted octanol–water partition coefficient (Wildman–Crippen LogP) is 3.66. The third-order valence-electron chi connectivity index (χ3n) is 6.31. The topological polar surface area (TPSA) is 54.9 Å². The summed E-state index contributed by atoms with van der Waals surface area (Å²) in [5.41, 5.74) is 5.05. The summed E-state index contributed by atoms with van der Waals surface area (Å²) in [5, 5.41) is 6.97. The Morgan fingerprint density at radius 2 is 1.97 bits per heavy atom. The summed E-state index contributed by atoms with van der Waals surface area (Å²) in [7, 11) is 1.83. The summed E-state index contributed by atoms with van der Waals surface area (Å²) < 4.78 is 11.7. The van der Waals surface area contributed by atoms with Crippen LogP contribution in [0.5, 0.6) is 5.75 Å². The van der Waals surface area contributed by atoms with Gasteiger partial charge in [0.05, 0.1) is 24.9 Å². The van der Waals surface area contributed by atoms with Crippen LogP contribution in [0.1, 0.15) is 36.8 Å². The average Bonchev–Trinajstić information content (AvgIpc) is 3.40. The number of hydrogen-bond acceptors (Lipinski definition) is 3. The molecule has 3 unspecified atom stereocenters. The quantitative estimate of drug-likeness (QED) is 0.617. The Balaban J connectivity index is 1.19. The van der Waals surface area contributed by atoms with Crippen LogP contribution in [0, 0.1) is 0 Å². The second kappa shape index (κ2) is 8.07. The molecule has 0 spiro atoms. The van der Waals surface area contributed by atoms with Crippen molar-refractivity contribution in [1.29, 1.82) is 0 Å². The molecule has 5 heteroatoms. The first kappa shape index (κ1) is 18.5. The molecule has 2 aromatic carbocycles. The summed E-state index contributed by atoms with van der Waals surface area (Å²) in [5.74, 6) is 1.89. The average molecular weight is 392 g/mol. The third kappa shape index (κ3) is 3.97. The maximum Gasteiger partial charge on any atom is 0.191 e. The van der Waals surface area contributed by atoms with E-state index in [2.05, 4.69) is 58.1 Å². The van der Waals surface area contributed by atoms with E-state index >= 15 is 0 Å². The Hall–Kier alpha value is -2.53. The van der Waals surface area contributed by atoms with Crippen molar-refractivity contribution in [2.75, 3.05) is 13.7 Å². The molecule has 3 heterocycles. The molecule has 0 aromatic heterocycles. The molecule has 29 heavy (non-hydrogen) atoms. The van der Waals surface area contributed by atoms with E-state index in [0.717, 1.165) is 50.5 Å². The Kier molecular flexibility index (Phi) is 5.15. The van der Waals surface area contributed by atoms with Crippen molar-refractivity contribution in [3.05, 3.63) is 53.6 Å². The Morgan fingerprint density at radius 1 is 1.10 bits per heavy atom. The van der Waals surface area contributed by atoms with Gasteiger partial charge in [0.15, 0.2) is 5.96 Å². The lowest BCUT2D eigenvalue weighted by atomic mass is 9.96. The number of fused-ring (bicyclic) bond motifs is 3. The van der Waals surface area contributed by atoms with Crippen molar-refractivity contribution in [1.82, 2.24) is 10.6 Å². The minimum Gasteiger partial charge on any atom is -0.493 e. The van der Waals surface area contributed by atoms with Crippen molar-refractivity contribution in [2.24, 2.45) is 4.99 Å². The summed E-state index contributed by atoms with van der Waals surface area (Å²) in [6, 6.07) is 15.7. The van der Waals surface area contributed by atoms with Crippen LogP contribution in [-0.4, -0.2) is 37.9 Å². The summed E-state index contributed by atoms with van der Waals surface area (Å²) in [6.45, 7) is 1.58. The van der Waals surface area contributed by atoms with Crippen molar-refractivity contribution in [3.8, 4) is 16.9 Å². The maximum absolute atomic E-state index is 5.93. The number of benzene rings is 2. The van der Waals surface area contributed by atoms with Gasteiger partial charge in [-0.15, -0.1) is 0 Å². The number of nitrogens with one attached hydrogen (secondary N) is 2. The molecule has 2 N–H and O–H groups in total. The van der Waals surface area contributed by atoms with Crippen molar-refractivity contribution < 1.29 is 9.47 Å². The van der Waals surface area contributed by atoms with Crippen molar-refractivity contribution in [2.45, 2.75) is 56.9 Å². The zero-order valence-electron chi connectivity index (χ0n) is 17.0. The van der Waals surface area contributed by atoms with Gasteiger partial charge < -0.3 is 20.1 Å². The fourth-order valence-electron chi connectivity index (χ4n) is 4.70. The van der Waals surface area contributed by atoms with Crippen LogP contribution in [0.4, 0.5) is 0 Å². The number of rotatable bonds is 4. The highest BCUT2D eigenvalue weighted by Gasteiger charge is 2.41. The molecule has 2 aromatic rings. The van der Waals surface area contributed by atoms with Crippen LogP contribution in [0.25, 0.3) is 11.1 Å². The molecular weight excluding hydrogens is 362 g/mol. The monoisotopic (exact) mass is 391 g/mol. The minimum atomic E-state index is 0.347. The van der Waals surface area contributed by atoms with Crippen LogP contribution in [-0.2, 0) is 17.7 Å². The van der Waals surface area contributed by atoms with E-state index in [1.165, 1.54) is 28.7 Å². The van der Waals surface area contributed by atoms with Gasteiger partial charge in [-0.3, -0.25) is 4.99 Å². The highest BCUT2D eigenvalue weighted by Crippen LogP contribution is 2.34. The molecule has 0 amide bonds. The second-order valence-corrected chi connectivity index (χ2v) is 8.26. The van der Waals surface area contributed by atoms with Gasteiger partial charge in [0.2, 0.25) is 0 Å². The zero-order chi connectivity index (χ0) is 19.6. The molecule has 3 aliphatic heterocycles. The van der Waals surface area contributed by atoms with Gasteiger partial charge in [-0.05, 0) is 66.5 Å². The number of guanidine groups is 1. The van der Waals surface area contributed by atoms with Crippen LogP contribution in [0.2, 0.25) is 0 Å². The van der Waals surface area contributed by atoms with Crippen LogP contribution in [0.3, 0.4) is 0 Å². The fraction of sp³-hybridized carbons (Fsp3) is 0.458. The summed E-state index contributed by atoms with van der Waals surface area (Å²) >= 11 is 0. The predicted molar refractivity (Wildman–Crippen MR) is 115 cm³/mol. The second-order valence-electron chi connectivity index (χ2n) is 8.26. The smallest absolute Gasteiger partial charge is 0.191 e. The number of aryl methyl sites for hydroxylation is 1. The minimum absolute atomic E-state index is 0.347. The SMILES string of the molecule is CN=C(NCc1ccc(-c2ccc3c(c2)CCCO3)cc1)NC1CC2CCC1O2. The van der Waals surface area contributed by atoms with E-state index in [1.807, 2.05) is 7.05 Å².